The highest BCUT2D eigenvalue weighted by Gasteiger charge is 2.52. The smallest absolute Gasteiger partial charge is 0.244 e. The molecule has 1 aliphatic carbocycles. The summed E-state index contributed by atoms with van der Waals surface area (Å²) in [5.41, 5.74) is 2.32. The Balaban J connectivity index is 1.45. The summed E-state index contributed by atoms with van der Waals surface area (Å²) in [5, 5.41) is 2.89. The molecule has 2 aromatic carbocycles. The van der Waals surface area contributed by atoms with Gasteiger partial charge >= 0.3 is 0 Å². The van der Waals surface area contributed by atoms with Crippen LogP contribution in [0.3, 0.4) is 0 Å². The van der Waals surface area contributed by atoms with Crippen LogP contribution in [0.15, 0.2) is 54.6 Å². The van der Waals surface area contributed by atoms with E-state index in [0.29, 0.717) is 12.1 Å². The first-order valence-corrected chi connectivity index (χ1v) is 9.84. The number of benzene rings is 2. The van der Waals surface area contributed by atoms with Gasteiger partial charge in [0.1, 0.15) is 6.54 Å². The maximum Gasteiger partial charge on any atom is 0.244 e. The second kappa shape index (κ2) is 7.58. The Bertz CT molecular complexity index is 901. The number of para-hydroxylation sites is 1. The molecule has 0 unspecified atom stereocenters. The average Bonchev–Trinajstić information content (AvgIpc) is 3.25. The van der Waals surface area contributed by atoms with Crippen LogP contribution in [0.4, 0.5) is 5.69 Å². The first kappa shape index (κ1) is 18.4. The fourth-order valence-electron chi connectivity index (χ4n) is 4.41. The predicted molar refractivity (Wildman–Crippen MR) is 107 cm³/mol. The second-order valence-electron chi connectivity index (χ2n) is 7.82. The van der Waals surface area contributed by atoms with E-state index in [2.05, 4.69) is 5.32 Å². The monoisotopic (exact) mass is 376 g/mol. The molecule has 5 nitrogen and oxygen atoms in total. The van der Waals surface area contributed by atoms with Crippen LogP contribution in [0, 0.1) is 5.41 Å². The third-order valence-electron chi connectivity index (χ3n) is 5.88. The molecular weight excluding hydrogens is 352 g/mol. The zero-order chi connectivity index (χ0) is 19.6. The Kier molecular flexibility index (Phi) is 4.99. The van der Waals surface area contributed by atoms with Gasteiger partial charge in [0.2, 0.25) is 17.7 Å². The van der Waals surface area contributed by atoms with Crippen LogP contribution in [0.25, 0.3) is 0 Å². The molecule has 2 aliphatic rings. The number of hydrogen-bond donors (Lipinski definition) is 1. The van der Waals surface area contributed by atoms with Crippen molar-refractivity contribution in [1.82, 2.24) is 4.90 Å². The number of nitrogens with zero attached hydrogens (tertiary/aromatic N) is 1. The highest BCUT2D eigenvalue weighted by molar-refractivity contribution is 6.09. The fourth-order valence-corrected chi connectivity index (χ4v) is 4.41. The molecule has 2 aromatic rings. The molecule has 4 rings (SSSR count). The molecule has 1 saturated carbocycles. The fraction of sp³-hybridized carbons (Fsp3) is 0.348. The van der Waals surface area contributed by atoms with Crippen LogP contribution in [0.2, 0.25) is 0 Å². The van der Waals surface area contributed by atoms with Crippen molar-refractivity contribution in [2.75, 3.05) is 11.9 Å². The van der Waals surface area contributed by atoms with Gasteiger partial charge in [0.15, 0.2) is 0 Å². The van der Waals surface area contributed by atoms with Gasteiger partial charge in [-0.3, -0.25) is 19.3 Å². The highest BCUT2D eigenvalue weighted by atomic mass is 16.2. The topological polar surface area (TPSA) is 66.5 Å². The molecule has 1 aliphatic heterocycles. The number of nitrogens with one attached hydrogen (secondary N) is 1. The van der Waals surface area contributed by atoms with Crippen molar-refractivity contribution in [3.63, 3.8) is 0 Å². The summed E-state index contributed by atoms with van der Waals surface area (Å²) in [6, 6.07) is 17.7. The molecule has 0 bridgehead atoms. The molecule has 2 fully saturated rings. The van der Waals surface area contributed by atoms with E-state index in [1.807, 2.05) is 54.6 Å². The van der Waals surface area contributed by atoms with Crippen molar-refractivity contribution in [2.45, 2.75) is 38.5 Å². The van der Waals surface area contributed by atoms with Gasteiger partial charge in [-0.2, -0.15) is 0 Å². The Labute approximate surface area is 164 Å². The van der Waals surface area contributed by atoms with E-state index in [0.717, 1.165) is 41.7 Å². The van der Waals surface area contributed by atoms with Gasteiger partial charge in [0.05, 0.1) is 5.41 Å². The minimum atomic E-state index is -0.539. The first-order valence-electron chi connectivity index (χ1n) is 9.84. The number of carbonyl (C=O) groups is 3. The number of anilines is 1. The van der Waals surface area contributed by atoms with Crippen molar-refractivity contribution >= 4 is 23.4 Å². The van der Waals surface area contributed by atoms with Crippen LogP contribution in [-0.2, 0) is 20.8 Å². The quantitative estimate of drug-likeness (QED) is 0.812. The average molecular weight is 376 g/mol. The lowest BCUT2D eigenvalue weighted by Gasteiger charge is -2.20. The molecule has 1 heterocycles. The van der Waals surface area contributed by atoms with Crippen LogP contribution in [-0.4, -0.2) is 29.2 Å². The van der Waals surface area contributed by atoms with Gasteiger partial charge in [0, 0.05) is 12.1 Å². The van der Waals surface area contributed by atoms with E-state index in [-0.39, 0.29) is 30.7 Å². The number of imide groups is 1. The molecule has 144 valence electrons. The summed E-state index contributed by atoms with van der Waals surface area (Å²) in [4.78, 5) is 38.9. The Morgan fingerprint density at radius 3 is 2.39 bits per heavy atom. The van der Waals surface area contributed by atoms with Crippen molar-refractivity contribution in [1.29, 1.82) is 0 Å². The lowest BCUT2D eigenvalue weighted by atomic mass is 9.84. The number of carbonyl (C=O) groups excluding carboxylic acids is 3. The summed E-state index contributed by atoms with van der Waals surface area (Å²) < 4.78 is 0. The Hall–Kier alpha value is -2.95. The van der Waals surface area contributed by atoms with Crippen molar-refractivity contribution < 1.29 is 14.4 Å². The molecule has 0 aromatic heterocycles. The minimum Gasteiger partial charge on any atom is -0.324 e. The van der Waals surface area contributed by atoms with E-state index in [1.54, 1.807) is 0 Å². The largest absolute Gasteiger partial charge is 0.324 e. The molecule has 3 amide bonds. The Morgan fingerprint density at radius 1 is 0.964 bits per heavy atom. The van der Waals surface area contributed by atoms with Gasteiger partial charge in [-0.15, -0.1) is 0 Å². The van der Waals surface area contributed by atoms with E-state index in [4.69, 9.17) is 0 Å². The van der Waals surface area contributed by atoms with Gasteiger partial charge in [-0.1, -0.05) is 61.4 Å². The zero-order valence-corrected chi connectivity index (χ0v) is 15.8. The van der Waals surface area contributed by atoms with E-state index in [1.165, 1.54) is 0 Å². The van der Waals surface area contributed by atoms with E-state index < -0.39 is 5.41 Å². The lowest BCUT2D eigenvalue weighted by molar-refractivity contribution is -0.143. The van der Waals surface area contributed by atoms with Gasteiger partial charge in [-0.05, 0) is 36.5 Å². The zero-order valence-electron chi connectivity index (χ0n) is 15.8. The number of likely N-dealkylation sites (tertiary alicyclic amines) is 1. The molecule has 0 radical (unpaired) electrons. The summed E-state index contributed by atoms with van der Waals surface area (Å²) in [6.45, 7) is -0.209. The van der Waals surface area contributed by atoms with Gasteiger partial charge in [0.25, 0.3) is 0 Å². The molecular formula is C23H24N2O3. The van der Waals surface area contributed by atoms with Crippen molar-refractivity contribution in [2.24, 2.45) is 5.41 Å². The molecule has 1 spiro atoms. The molecule has 1 N–H and O–H groups in total. The van der Waals surface area contributed by atoms with Crippen LogP contribution in [0.1, 0.15) is 43.2 Å². The summed E-state index contributed by atoms with van der Waals surface area (Å²) in [7, 11) is 0. The van der Waals surface area contributed by atoms with Crippen LogP contribution >= 0.6 is 0 Å². The van der Waals surface area contributed by atoms with Crippen molar-refractivity contribution in [3.05, 3.63) is 65.7 Å². The number of rotatable bonds is 5. The first-order chi connectivity index (χ1) is 13.6. The maximum atomic E-state index is 12.8. The van der Waals surface area contributed by atoms with Gasteiger partial charge in [-0.25, -0.2) is 0 Å². The standard InChI is InChI=1S/C23H24N2O3/c26-20(16-25-21(27)15-23(22(25)28)12-6-7-13-23)24-19-11-5-4-10-18(19)14-17-8-2-1-3-9-17/h1-5,8-11H,6-7,12-16H2,(H,24,26). The summed E-state index contributed by atoms with van der Waals surface area (Å²) in [5.74, 6) is -0.723. The third kappa shape index (κ3) is 3.57. The summed E-state index contributed by atoms with van der Waals surface area (Å²) in [6.07, 6.45) is 4.43. The van der Waals surface area contributed by atoms with Crippen molar-refractivity contribution in [3.8, 4) is 0 Å². The number of amides is 3. The van der Waals surface area contributed by atoms with E-state index in [9.17, 15) is 14.4 Å². The van der Waals surface area contributed by atoms with Gasteiger partial charge < -0.3 is 5.32 Å². The summed E-state index contributed by atoms with van der Waals surface area (Å²) >= 11 is 0. The molecule has 28 heavy (non-hydrogen) atoms. The molecule has 5 heteroatoms. The lowest BCUT2D eigenvalue weighted by Crippen LogP contribution is -2.40. The maximum absolute atomic E-state index is 12.8. The van der Waals surface area contributed by atoms with Crippen LogP contribution in [0.5, 0.6) is 0 Å². The number of hydrogen-bond acceptors (Lipinski definition) is 3. The normalized spacial score (nSPS) is 18.1. The predicted octanol–water partition coefficient (Wildman–Crippen LogP) is 3.54. The second-order valence-corrected chi connectivity index (χ2v) is 7.82. The highest BCUT2D eigenvalue weighted by Crippen LogP contribution is 2.46. The minimum absolute atomic E-state index is 0.164. The van der Waals surface area contributed by atoms with Crippen LogP contribution < -0.4 is 5.32 Å². The third-order valence-corrected chi connectivity index (χ3v) is 5.88. The van der Waals surface area contributed by atoms with E-state index >= 15 is 0 Å². The SMILES string of the molecule is O=C(CN1C(=O)CC2(CCCC2)C1=O)Nc1ccccc1Cc1ccccc1. The Morgan fingerprint density at radius 2 is 1.64 bits per heavy atom. The molecule has 1 saturated heterocycles. The molecule has 0 atom stereocenters.